The molecule has 0 bridgehead atoms. The van der Waals surface area contributed by atoms with Crippen molar-refractivity contribution in [2.75, 3.05) is 13.2 Å². The predicted octanol–water partition coefficient (Wildman–Crippen LogP) is 16.3. The Hall–Kier alpha value is -1.15. The third-order valence-electron chi connectivity index (χ3n) is 17.1. The van der Waals surface area contributed by atoms with E-state index in [0.29, 0.717) is 12.8 Å². The Kier molecular flexibility index (Phi) is 55.0. The number of carbonyl (C=O) groups excluding carboxylic acids is 1. The fourth-order valence-corrected chi connectivity index (χ4v) is 11.5. The highest BCUT2D eigenvalue weighted by atomic mass is 16.7. The third kappa shape index (κ3) is 45.0. The highest BCUT2D eigenvalue weighted by Gasteiger charge is 2.44. The lowest BCUT2D eigenvalue weighted by Gasteiger charge is -2.40. The van der Waals surface area contributed by atoms with Gasteiger partial charge in [-0.1, -0.05) is 321 Å². The van der Waals surface area contributed by atoms with Crippen molar-refractivity contribution in [2.45, 2.75) is 403 Å². The first-order valence-electron chi connectivity index (χ1n) is 34.6. The van der Waals surface area contributed by atoms with Gasteiger partial charge in [-0.3, -0.25) is 4.79 Å². The number of nitrogens with one attached hydrogen (secondary N) is 1. The van der Waals surface area contributed by atoms with Crippen LogP contribution in [0.2, 0.25) is 0 Å². The highest BCUT2D eigenvalue weighted by Crippen LogP contribution is 2.24. The average molecular weight is 1120 g/mol. The number of rotatable bonds is 61. The minimum atomic E-state index is -1.67. The van der Waals surface area contributed by atoms with E-state index in [9.17, 15) is 40.5 Å². The second-order valence-electron chi connectivity index (χ2n) is 24.6. The van der Waals surface area contributed by atoms with E-state index in [1.165, 1.54) is 270 Å². The van der Waals surface area contributed by atoms with E-state index in [-0.39, 0.29) is 12.8 Å². The monoisotopic (exact) mass is 1120 g/mol. The minimum Gasteiger partial charge on any atom is -0.394 e. The fraction of sp³-hybridized carbons (Fsp3) is 0.956. The Morgan fingerprint density at radius 1 is 0.430 bits per heavy atom. The first-order chi connectivity index (χ1) is 38.7. The van der Waals surface area contributed by atoms with Gasteiger partial charge in [0.25, 0.3) is 0 Å². The number of hydrogen-bond donors (Lipinski definition) is 8. The summed E-state index contributed by atoms with van der Waals surface area (Å²) in [4.78, 5) is 13.2. The van der Waals surface area contributed by atoms with Crippen molar-refractivity contribution in [2.24, 2.45) is 0 Å². The molecule has 9 unspecified atom stereocenters. The topological polar surface area (TPSA) is 189 Å². The largest absolute Gasteiger partial charge is 0.394 e. The maximum atomic E-state index is 13.2. The van der Waals surface area contributed by atoms with Crippen molar-refractivity contribution < 1.29 is 50.0 Å². The van der Waals surface area contributed by atoms with Gasteiger partial charge in [0.15, 0.2) is 6.29 Å². The summed E-state index contributed by atoms with van der Waals surface area (Å²) in [5.41, 5.74) is 0. The molecule has 11 nitrogen and oxygen atoms in total. The standard InChI is InChI=1S/C68H133NO10/c1-3-5-7-9-11-13-15-17-19-21-23-25-27-29-30-32-33-35-37-39-41-43-45-47-49-51-53-55-60(71)63(73)59(58-78-68-66(76)65(75)64(74)62(57-70)79-68)69-67(77)61(72)56-54-52-50-48-46-44-42-40-38-36-34-31-28-26-24-22-20-18-16-14-12-10-8-6-4-2/h47,49,59-66,68,70-76H,3-46,48,50-58H2,1-2H3,(H,69,77)/b49-47+. The fourth-order valence-electron chi connectivity index (χ4n) is 11.5. The number of aliphatic hydroxyl groups is 7. The van der Waals surface area contributed by atoms with E-state index in [2.05, 4.69) is 31.3 Å². The van der Waals surface area contributed by atoms with Crippen molar-refractivity contribution in [3.63, 3.8) is 0 Å². The second-order valence-corrected chi connectivity index (χ2v) is 24.6. The molecule has 0 aromatic heterocycles. The molecule has 0 spiro atoms. The number of unbranched alkanes of at least 4 members (excludes halogenated alkanes) is 47. The summed E-state index contributed by atoms with van der Waals surface area (Å²) in [5.74, 6) is -0.698. The Balaban J connectivity index is 2.22. The molecular formula is C68H133NO10. The summed E-state index contributed by atoms with van der Waals surface area (Å²) >= 11 is 0. The molecule has 8 N–H and O–H groups in total. The average Bonchev–Trinajstić information content (AvgIpc) is 3.46. The van der Waals surface area contributed by atoms with Crippen LogP contribution >= 0.6 is 0 Å². The van der Waals surface area contributed by atoms with Gasteiger partial charge in [0, 0.05) is 0 Å². The minimum absolute atomic E-state index is 0.260. The van der Waals surface area contributed by atoms with Crippen molar-refractivity contribution in [3.8, 4) is 0 Å². The molecule has 0 aromatic rings. The summed E-state index contributed by atoms with van der Waals surface area (Å²) in [5, 5.41) is 76.5. The summed E-state index contributed by atoms with van der Waals surface area (Å²) in [6, 6.07) is -1.18. The van der Waals surface area contributed by atoms with Crippen molar-refractivity contribution >= 4 is 5.91 Å². The lowest BCUT2D eigenvalue weighted by atomic mass is 9.98. The second kappa shape index (κ2) is 57.3. The van der Waals surface area contributed by atoms with Crippen LogP contribution in [0, 0.1) is 0 Å². The number of ether oxygens (including phenoxy) is 2. The molecule has 1 heterocycles. The van der Waals surface area contributed by atoms with Crippen molar-refractivity contribution in [1.29, 1.82) is 0 Å². The molecule has 1 fully saturated rings. The van der Waals surface area contributed by atoms with Crippen LogP contribution in [0.5, 0.6) is 0 Å². The van der Waals surface area contributed by atoms with E-state index < -0.39 is 74.2 Å². The molecule has 1 saturated heterocycles. The van der Waals surface area contributed by atoms with Gasteiger partial charge in [-0.05, 0) is 38.5 Å². The van der Waals surface area contributed by atoms with Crippen LogP contribution in [0.15, 0.2) is 12.2 Å². The zero-order chi connectivity index (χ0) is 57.5. The van der Waals surface area contributed by atoms with Crippen molar-refractivity contribution in [3.05, 3.63) is 12.2 Å². The molecule has 470 valence electrons. The molecule has 9 atom stereocenters. The molecule has 0 aliphatic carbocycles. The van der Waals surface area contributed by atoms with Gasteiger partial charge in [0.1, 0.15) is 36.6 Å². The molecule has 1 amide bonds. The normalized spacial score (nSPS) is 19.3. The first-order valence-corrected chi connectivity index (χ1v) is 34.6. The van der Waals surface area contributed by atoms with Crippen LogP contribution in [0.25, 0.3) is 0 Å². The quantitative estimate of drug-likeness (QED) is 0.0215. The lowest BCUT2D eigenvalue weighted by Crippen LogP contribution is -2.60. The Bertz CT molecular complexity index is 1290. The molecule has 1 aliphatic heterocycles. The van der Waals surface area contributed by atoms with E-state index in [4.69, 9.17) is 9.47 Å². The van der Waals surface area contributed by atoms with Crippen LogP contribution in [-0.4, -0.2) is 110 Å². The molecule has 79 heavy (non-hydrogen) atoms. The number of carbonyl (C=O) groups is 1. The number of allylic oxidation sites excluding steroid dienone is 2. The maximum Gasteiger partial charge on any atom is 0.249 e. The lowest BCUT2D eigenvalue weighted by molar-refractivity contribution is -0.303. The van der Waals surface area contributed by atoms with Crippen LogP contribution in [0.3, 0.4) is 0 Å². The van der Waals surface area contributed by atoms with Crippen LogP contribution in [-0.2, 0) is 14.3 Å². The van der Waals surface area contributed by atoms with Gasteiger partial charge in [-0.2, -0.15) is 0 Å². The number of amides is 1. The third-order valence-corrected chi connectivity index (χ3v) is 17.1. The van der Waals surface area contributed by atoms with E-state index in [0.717, 1.165) is 38.5 Å². The smallest absolute Gasteiger partial charge is 0.249 e. The highest BCUT2D eigenvalue weighted by molar-refractivity contribution is 5.80. The Morgan fingerprint density at radius 3 is 1.09 bits per heavy atom. The SMILES string of the molecule is CCCCCCCCCCCCCCCCCCCCCCCC/C=C/CCCC(O)C(O)C(COC1OC(CO)C(O)C(O)C1O)NC(=O)C(O)CCCCCCCCCCCCCCCCCCCCCCCCCCC. The van der Waals surface area contributed by atoms with Gasteiger partial charge in [-0.15, -0.1) is 0 Å². The van der Waals surface area contributed by atoms with Crippen LogP contribution < -0.4 is 5.32 Å². The van der Waals surface area contributed by atoms with Crippen LogP contribution in [0.4, 0.5) is 0 Å². The van der Waals surface area contributed by atoms with Gasteiger partial charge < -0.3 is 50.5 Å². The van der Waals surface area contributed by atoms with Crippen molar-refractivity contribution in [1.82, 2.24) is 5.32 Å². The van der Waals surface area contributed by atoms with E-state index in [1.807, 2.05) is 0 Å². The Labute approximate surface area is 487 Å². The van der Waals surface area contributed by atoms with E-state index in [1.54, 1.807) is 0 Å². The molecular weight excluding hydrogens is 991 g/mol. The summed E-state index contributed by atoms with van der Waals surface area (Å²) in [7, 11) is 0. The maximum absolute atomic E-state index is 13.2. The molecule has 1 aliphatic rings. The molecule has 1 rings (SSSR count). The summed E-state index contributed by atoms with van der Waals surface area (Å²) < 4.78 is 11.2. The van der Waals surface area contributed by atoms with Gasteiger partial charge in [-0.25, -0.2) is 0 Å². The number of hydrogen-bond acceptors (Lipinski definition) is 10. The zero-order valence-corrected chi connectivity index (χ0v) is 51.9. The van der Waals surface area contributed by atoms with Gasteiger partial charge >= 0.3 is 0 Å². The van der Waals surface area contributed by atoms with Gasteiger partial charge in [0.2, 0.25) is 5.91 Å². The predicted molar refractivity (Wildman–Crippen MR) is 330 cm³/mol. The molecule has 11 heteroatoms. The summed E-state index contributed by atoms with van der Waals surface area (Å²) in [6.45, 7) is 3.51. The molecule has 0 radical (unpaired) electrons. The summed E-state index contributed by atoms with van der Waals surface area (Å²) in [6.07, 6.45) is 58.7. The Morgan fingerprint density at radius 2 is 0.747 bits per heavy atom. The van der Waals surface area contributed by atoms with E-state index >= 15 is 0 Å². The first kappa shape index (κ1) is 75.9. The molecule has 0 saturated carbocycles. The van der Waals surface area contributed by atoms with Crippen LogP contribution in [0.1, 0.15) is 348 Å². The zero-order valence-electron chi connectivity index (χ0n) is 51.9. The number of aliphatic hydroxyl groups excluding tert-OH is 7. The molecule has 0 aromatic carbocycles. The van der Waals surface area contributed by atoms with Gasteiger partial charge in [0.05, 0.1) is 25.4 Å².